The number of nitrogens with zero attached hydrogens (tertiary/aromatic N) is 12. The molecule has 360 valence electrons. The zero-order chi connectivity index (χ0) is 47.2. The van der Waals surface area contributed by atoms with Gasteiger partial charge in [-0.3, -0.25) is 0 Å². The second kappa shape index (κ2) is 22.4. The first-order valence-corrected chi connectivity index (χ1v) is 22.6. The number of anilines is 6. The molecule has 0 bridgehead atoms. The van der Waals surface area contributed by atoms with Gasteiger partial charge in [-0.2, -0.15) is 60.7 Å². The molecular formula is C58H42N12Pt2-6. The third kappa shape index (κ3) is 10.2. The molecule has 12 nitrogen and oxygen atoms in total. The van der Waals surface area contributed by atoms with Crippen molar-refractivity contribution in [3.05, 3.63) is 232 Å². The Morgan fingerprint density at radius 3 is 1.17 bits per heavy atom. The van der Waals surface area contributed by atoms with Crippen molar-refractivity contribution in [1.82, 2.24) is 39.9 Å². The molecule has 0 N–H and O–H groups in total. The molecule has 8 heterocycles. The Labute approximate surface area is 446 Å². The van der Waals surface area contributed by atoms with Gasteiger partial charge in [0.25, 0.3) is 0 Å². The molecule has 0 aliphatic carbocycles. The third-order valence-electron chi connectivity index (χ3n) is 11.7. The van der Waals surface area contributed by atoms with Gasteiger partial charge in [-0.15, -0.1) is 24.7 Å². The molecule has 0 amide bonds. The van der Waals surface area contributed by atoms with E-state index in [0.29, 0.717) is 0 Å². The van der Waals surface area contributed by atoms with Gasteiger partial charge in [0, 0.05) is 66.9 Å². The summed E-state index contributed by atoms with van der Waals surface area (Å²) in [4.78, 5) is 43.6. The molecule has 0 radical (unpaired) electrons. The quantitative estimate of drug-likeness (QED) is 0.156. The Kier molecular flexibility index (Phi) is 15.2. The monoisotopic (exact) mass is 1300 g/mol. The van der Waals surface area contributed by atoms with E-state index >= 15 is 0 Å². The van der Waals surface area contributed by atoms with Crippen LogP contribution in [-0.2, 0) is 42.1 Å². The predicted molar refractivity (Wildman–Crippen MR) is 280 cm³/mol. The van der Waals surface area contributed by atoms with Crippen molar-refractivity contribution >= 4 is 78.5 Å². The van der Waals surface area contributed by atoms with Crippen molar-refractivity contribution in [2.75, 3.05) is 33.7 Å². The first-order chi connectivity index (χ1) is 34.6. The molecule has 0 atom stereocenters. The van der Waals surface area contributed by atoms with E-state index in [-0.39, 0.29) is 42.1 Å². The van der Waals surface area contributed by atoms with Crippen molar-refractivity contribution in [3.63, 3.8) is 0 Å². The number of aromatic nitrogens is 8. The minimum absolute atomic E-state index is 0. The van der Waals surface area contributed by atoms with Gasteiger partial charge in [-0.1, -0.05) is 145 Å². The molecule has 0 spiro atoms. The van der Waals surface area contributed by atoms with Crippen LogP contribution >= 0.6 is 0 Å². The van der Waals surface area contributed by atoms with Crippen molar-refractivity contribution in [3.8, 4) is 22.5 Å². The maximum absolute atomic E-state index is 4.67. The second-order valence-electron chi connectivity index (χ2n) is 16.2. The van der Waals surface area contributed by atoms with Crippen LogP contribution in [0, 0.1) is 25.5 Å². The van der Waals surface area contributed by atoms with E-state index in [1.165, 1.54) is 10.8 Å². The standard InChI is InChI=1S/2C17H11N2.2C12H10N4.2Pt/c2*1-2-6-12(7-3-1)15-11-10-14-13-8-4-5-9-16(13)19-17(14)18-15;2*1-15-9-16(10-5-3-2-4-6-10)12-11(15)13-7-8-14-12;;/h2*1-11H;2*2-5,7-9H,1H3;;/q2*-1;2*-2;;. The summed E-state index contributed by atoms with van der Waals surface area (Å²) in [6, 6.07) is 67.0. The molecule has 0 saturated heterocycles. The van der Waals surface area contributed by atoms with Crippen LogP contribution in [0.4, 0.5) is 34.6 Å². The van der Waals surface area contributed by atoms with Crippen LogP contribution in [-0.4, -0.2) is 44.0 Å². The Bertz CT molecular complexity index is 3450. The molecule has 14 heteroatoms. The molecule has 12 aromatic rings. The van der Waals surface area contributed by atoms with Crippen molar-refractivity contribution in [2.24, 2.45) is 0 Å². The van der Waals surface area contributed by atoms with E-state index in [1.807, 2.05) is 168 Å². The van der Waals surface area contributed by atoms with E-state index in [0.717, 1.165) is 90.3 Å². The Hall–Kier alpha value is -8.04. The van der Waals surface area contributed by atoms with Crippen molar-refractivity contribution in [2.45, 2.75) is 0 Å². The normalized spacial score (nSPS) is 12.1. The zero-order valence-corrected chi connectivity index (χ0v) is 43.3. The molecule has 6 aromatic carbocycles. The largest absolute Gasteiger partial charge is 0.487 e. The first kappa shape index (κ1) is 49.0. The molecule has 14 rings (SSSR count). The average Bonchev–Trinajstić information content (AvgIpc) is 4.20. The van der Waals surface area contributed by atoms with Gasteiger partial charge in [-0.05, 0) is 69.2 Å². The summed E-state index contributed by atoms with van der Waals surface area (Å²) in [6.07, 6.45) is 6.78. The van der Waals surface area contributed by atoms with Crippen LogP contribution in [0.25, 0.3) is 66.4 Å². The number of benzene rings is 6. The van der Waals surface area contributed by atoms with Gasteiger partial charge in [0.05, 0.1) is 0 Å². The first-order valence-electron chi connectivity index (χ1n) is 22.6. The van der Waals surface area contributed by atoms with Crippen LogP contribution in [0.5, 0.6) is 0 Å². The SMILES string of the molecule is CN1[CH-]N(c2[c-]cccc2)c2nccnc21.CN1[CH-]N(c2[c-]cccc2)c2nccnc21.[Pt].[Pt].c1ccc(-c2ccc3c(n2)[n-]c2ccccc23)cc1.c1ccc(-c2ccc3c(n2)[n-]c2ccccc23)cc1. The Morgan fingerprint density at radius 2 is 0.764 bits per heavy atom. The number of fused-ring (bicyclic) bond motifs is 8. The molecule has 2 aliphatic heterocycles. The number of hydrogen-bond acceptors (Lipinski definition) is 10. The van der Waals surface area contributed by atoms with Gasteiger partial charge in [-0.25, -0.2) is 19.9 Å². The molecular weight excluding hydrogens is 1250 g/mol. The Balaban J connectivity index is 0.000000118. The summed E-state index contributed by atoms with van der Waals surface area (Å²) in [7, 11) is 3.91. The van der Waals surface area contributed by atoms with Crippen LogP contribution < -0.4 is 29.6 Å². The van der Waals surface area contributed by atoms with Gasteiger partial charge < -0.3 is 39.5 Å². The third-order valence-corrected chi connectivity index (χ3v) is 11.7. The number of pyridine rings is 2. The summed E-state index contributed by atoms with van der Waals surface area (Å²) >= 11 is 0. The topological polar surface area (TPSA) is 119 Å². The summed E-state index contributed by atoms with van der Waals surface area (Å²) in [5.74, 6) is 3.40. The maximum Gasteiger partial charge on any atom is 0.143 e. The molecule has 0 saturated carbocycles. The van der Waals surface area contributed by atoms with E-state index in [9.17, 15) is 0 Å². The maximum atomic E-state index is 4.67. The minimum Gasteiger partial charge on any atom is -0.487 e. The molecule has 0 unspecified atom stereocenters. The molecule has 6 aromatic heterocycles. The van der Waals surface area contributed by atoms with Gasteiger partial charge in [0.2, 0.25) is 0 Å². The van der Waals surface area contributed by atoms with Crippen molar-refractivity contribution < 1.29 is 42.1 Å². The summed E-state index contributed by atoms with van der Waals surface area (Å²) < 4.78 is 0. The Morgan fingerprint density at radius 1 is 0.389 bits per heavy atom. The van der Waals surface area contributed by atoms with E-state index < -0.39 is 0 Å². The van der Waals surface area contributed by atoms with Gasteiger partial charge >= 0.3 is 0 Å². The minimum atomic E-state index is 0. The number of hydrogen-bond donors (Lipinski definition) is 0. The van der Waals surface area contributed by atoms with Crippen LogP contribution in [0.2, 0.25) is 0 Å². The average molecular weight is 1300 g/mol. The summed E-state index contributed by atoms with van der Waals surface area (Å²) in [5.41, 5.74) is 9.78. The van der Waals surface area contributed by atoms with Crippen molar-refractivity contribution in [1.29, 1.82) is 0 Å². The van der Waals surface area contributed by atoms with E-state index in [1.54, 1.807) is 24.8 Å². The van der Waals surface area contributed by atoms with Crippen LogP contribution in [0.3, 0.4) is 0 Å². The van der Waals surface area contributed by atoms with Gasteiger partial charge in [0.1, 0.15) is 23.3 Å². The summed E-state index contributed by atoms with van der Waals surface area (Å²) in [6.45, 7) is 3.91. The van der Waals surface area contributed by atoms with Gasteiger partial charge in [0.15, 0.2) is 0 Å². The predicted octanol–water partition coefficient (Wildman–Crippen LogP) is 12.0. The summed E-state index contributed by atoms with van der Waals surface area (Å²) in [5, 5.41) is 4.58. The number of rotatable bonds is 4. The van der Waals surface area contributed by atoms with E-state index in [2.05, 4.69) is 113 Å². The molecule has 0 fully saturated rings. The van der Waals surface area contributed by atoms with Crippen LogP contribution in [0.15, 0.2) is 207 Å². The van der Waals surface area contributed by atoms with Crippen LogP contribution in [0.1, 0.15) is 0 Å². The van der Waals surface area contributed by atoms with E-state index in [4.69, 9.17) is 0 Å². The second-order valence-corrected chi connectivity index (χ2v) is 16.2. The fourth-order valence-electron chi connectivity index (χ4n) is 8.32. The fourth-order valence-corrected chi connectivity index (χ4v) is 8.32. The smallest absolute Gasteiger partial charge is 0.143 e. The molecule has 2 aliphatic rings. The fraction of sp³-hybridized carbons (Fsp3) is 0.0345. The zero-order valence-electron chi connectivity index (χ0n) is 38.8. The number of para-hydroxylation sites is 4. The molecule has 72 heavy (non-hydrogen) atoms.